The molecule has 2 aromatic heterocycles. The Hall–Kier alpha value is -3.38. The number of rotatable bonds is 4. The van der Waals surface area contributed by atoms with E-state index in [-0.39, 0.29) is 33.6 Å². The molecule has 0 fully saturated rings. The Labute approximate surface area is 175 Å². The Morgan fingerprint density at radius 1 is 1.07 bits per heavy atom. The van der Waals surface area contributed by atoms with Gasteiger partial charge in [-0.3, -0.25) is 9.59 Å². The first kappa shape index (κ1) is 19.9. The van der Waals surface area contributed by atoms with Crippen LogP contribution in [0.5, 0.6) is 0 Å². The summed E-state index contributed by atoms with van der Waals surface area (Å²) in [5.41, 5.74) is 0.744. The van der Waals surface area contributed by atoms with Crippen LogP contribution in [0.4, 0.5) is 8.78 Å². The zero-order valence-electron chi connectivity index (χ0n) is 15.8. The normalized spacial score (nSPS) is 11.1. The number of benzene rings is 2. The molecule has 0 saturated carbocycles. The Morgan fingerprint density at radius 3 is 2.50 bits per heavy atom. The second-order valence-electron chi connectivity index (χ2n) is 6.86. The van der Waals surface area contributed by atoms with Gasteiger partial charge < -0.3 is 4.57 Å². The van der Waals surface area contributed by atoms with Gasteiger partial charge >= 0.3 is 0 Å². The number of carbonyl (C=O) groups excluding carboxylic acids is 1. The molecule has 30 heavy (non-hydrogen) atoms. The molecular weight excluding hydrogens is 410 g/mol. The van der Waals surface area contributed by atoms with Crippen LogP contribution in [0.25, 0.3) is 11.0 Å². The zero-order valence-corrected chi connectivity index (χ0v) is 16.6. The van der Waals surface area contributed by atoms with Gasteiger partial charge in [-0.2, -0.15) is 0 Å². The first-order chi connectivity index (χ1) is 14.3. The molecule has 0 radical (unpaired) electrons. The number of pyridine rings is 2. The lowest BCUT2D eigenvalue weighted by atomic mass is 10.0. The molecule has 0 bridgehead atoms. The summed E-state index contributed by atoms with van der Waals surface area (Å²) in [6.45, 7) is 1.74. The number of halogens is 3. The van der Waals surface area contributed by atoms with Crippen LogP contribution in [-0.2, 0) is 6.54 Å². The number of ketones is 1. The Morgan fingerprint density at radius 2 is 1.80 bits per heavy atom. The average Bonchev–Trinajstić information content (AvgIpc) is 2.72. The lowest BCUT2D eigenvalue weighted by Gasteiger charge is -2.14. The van der Waals surface area contributed by atoms with Gasteiger partial charge in [0.05, 0.1) is 17.5 Å². The second kappa shape index (κ2) is 7.80. The number of nitrogens with zero attached hydrogens (tertiary/aromatic N) is 2. The van der Waals surface area contributed by atoms with Gasteiger partial charge in [-0.15, -0.1) is 0 Å². The fourth-order valence-corrected chi connectivity index (χ4v) is 3.48. The fraction of sp³-hybridized carbons (Fsp3) is 0.0870. The topological polar surface area (TPSA) is 52.0 Å². The molecule has 0 amide bonds. The second-order valence-corrected chi connectivity index (χ2v) is 7.27. The van der Waals surface area contributed by atoms with Crippen molar-refractivity contribution in [2.75, 3.05) is 0 Å². The molecule has 7 heteroatoms. The summed E-state index contributed by atoms with van der Waals surface area (Å²) >= 11 is 6.17. The predicted molar refractivity (Wildman–Crippen MR) is 111 cm³/mol. The SMILES string of the molecule is Cc1ccc2c(=O)c(C(=O)c3ccc(F)cc3)cn(Cc3c(F)cccc3Cl)c2n1. The van der Waals surface area contributed by atoms with Crippen molar-refractivity contribution < 1.29 is 13.6 Å². The van der Waals surface area contributed by atoms with Crippen LogP contribution in [0.15, 0.2) is 65.6 Å². The number of aryl methyl sites for hydroxylation is 1. The molecule has 0 unspecified atom stereocenters. The number of carbonyl (C=O) groups is 1. The lowest BCUT2D eigenvalue weighted by Crippen LogP contribution is -2.21. The van der Waals surface area contributed by atoms with E-state index in [1.54, 1.807) is 25.1 Å². The Kier molecular flexibility index (Phi) is 5.18. The van der Waals surface area contributed by atoms with Gasteiger partial charge in [0.15, 0.2) is 5.78 Å². The number of hydrogen-bond donors (Lipinski definition) is 0. The molecule has 0 N–H and O–H groups in total. The number of aromatic nitrogens is 2. The molecule has 0 atom stereocenters. The third-order valence-electron chi connectivity index (χ3n) is 4.80. The molecule has 4 rings (SSSR count). The monoisotopic (exact) mass is 424 g/mol. The summed E-state index contributed by atoms with van der Waals surface area (Å²) in [7, 11) is 0. The molecule has 150 valence electrons. The molecule has 0 saturated heterocycles. The van der Waals surface area contributed by atoms with E-state index < -0.39 is 22.8 Å². The van der Waals surface area contributed by atoms with Crippen molar-refractivity contribution in [3.63, 3.8) is 0 Å². The maximum atomic E-state index is 14.4. The summed E-state index contributed by atoms with van der Waals surface area (Å²) in [5.74, 6) is -1.55. The van der Waals surface area contributed by atoms with E-state index in [0.717, 1.165) is 12.1 Å². The highest BCUT2D eigenvalue weighted by atomic mass is 35.5. The summed E-state index contributed by atoms with van der Waals surface area (Å²) in [6.07, 6.45) is 1.35. The highest BCUT2D eigenvalue weighted by Gasteiger charge is 2.19. The first-order valence-electron chi connectivity index (χ1n) is 9.09. The van der Waals surface area contributed by atoms with Crippen LogP contribution in [0.1, 0.15) is 27.2 Å². The molecule has 4 aromatic rings. The van der Waals surface area contributed by atoms with Crippen molar-refractivity contribution >= 4 is 28.4 Å². The molecule has 2 aromatic carbocycles. The number of fused-ring (bicyclic) bond motifs is 1. The predicted octanol–water partition coefficient (Wildman–Crippen LogP) is 4.92. The largest absolute Gasteiger partial charge is 0.327 e. The van der Waals surface area contributed by atoms with Crippen molar-refractivity contribution in [2.24, 2.45) is 0 Å². The van der Waals surface area contributed by atoms with E-state index in [4.69, 9.17) is 11.6 Å². The molecule has 2 heterocycles. The lowest BCUT2D eigenvalue weighted by molar-refractivity contribution is 0.103. The van der Waals surface area contributed by atoms with Gasteiger partial charge in [-0.05, 0) is 55.5 Å². The average molecular weight is 425 g/mol. The molecule has 0 aliphatic carbocycles. The third kappa shape index (κ3) is 3.62. The van der Waals surface area contributed by atoms with E-state index in [1.165, 1.54) is 35.0 Å². The van der Waals surface area contributed by atoms with E-state index >= 15 is 0 Å². The van der Waals surface area contributed by atoms with Gasteiger partial charge in [-0.25, -0.2) is 13.8 Å². The van der Waals surface area contributed by atoms with Crippen LogP contribution >= 0.6 is 11.6 Å². The summed E-state index contributed by atoms with van der Waals surface area (Å²) < 4.78 is 29.1. The molecule has 0 aliphatic rings. The van der Waals surface area contributed by atoms with Crippen molar-refractivity contribution in [1.29, 1.82) is 0 Å². The van der Waals surface area contributed by atoms with Crippen molar-refractivity contribution in [3.8, 4) is 0 Å². The van der Waals surface area contributed by atoms with Crippen LogP contribution in [0.3, 0.4) is 0 Å². The van der Waals surface area contributed by atoms with Gasteiger partial charge in [0.1, 0.15) is 17.3 Å². The maximum absolute atomic E-state index is 14.4. The Balaban J connectivity index is 1.94. The summed E-state index contributed by atoms with van der Waals surface area (Å²) in [4.78, 5) is 30.4. The van der Waals surface area contributed by atoms with Gasteiger partial charge in [-0.1, -0.05) is 17.7 Å². The molecule has 0 spiro atoms. The quantitative estimate of drug-likeness (QED) is 0.437. The highest BCUT2D eigenvalue weighted by Crippen LogP contribution is 2.22. The first-order valence-corrected chi connectivity index (χ1v) is 9.47. The minimum absolute atomic E-state index is 0.0254. The van der Waals surface area contributed by atoms with Gasteiger partial charge in [0, 0.05) is 28.0 Å². The van der Waals surface area contributed by atoms with Crippen molar-refractivity contribution in [1.82, 2.24) is 9.55 Å². The number of hydrogen-bond acceptors (Lipinski definition) is 3. The third-order valence-corrected chi connectivity index (χ3v) is 5.16. The maximum Gasteiger partial charge on any atom is 0.202 e. The molecular formula is C23H15ClF2N2O2. The van der Waals surface area contributed by atoms with Gasteiger partial charge in [0.25, 0.3) is 0 Å². The van der Waals surface area contributed by atoms with Crippen LogP contribution in [-0.4, -0.2) is 15.3 Å². The zero-order chi connectivity index (χ0) is 21.4. The van der Waals surface area contributed by atoms with Crippen LogP contribution in [0.2, 0.25) is 5.02 Å². The van der Waals surface area contributed by atoms with Crippen LogP contribution < -0.4 is 5.43 Å². The molecule has 4 nitrogen and oxygen atoms in total. The molecule has 0 aliphatic heterocycles. The smallest absolute Gasteiger partial charge is 0.202 e. The minimum atomic E-state index is -0.559. The van der Waals surface area contributed by atoms with Crippen molar-refractivity contribution in [3.05, 3.63) is 110 Å². The van der Waals surface area contributed by atoms with E-state index in [2.05, 4.69) is 4.98 Å². The van der Waals surface area contributed by atoms with E-state index in [1.807, 2.05) is 0 Å². The summed E-state index contributed by atoms with van der Waals surface area (Å²) in [5, 5.41) is 0.446. The Bertz CT molecular complexity index is 1330. The standard InChI is InChI=1S/C23H15ClF2N2O2/c1-13-5-10-16-22(30)18(21(29)14-6-8-15(25)9-7-14)12-28(23(16)27-13)11-17-19(24)3-2-4-20(17)26/h2-10,12H,11H2,1H3. The van der Waals surface area contributed by atoms with E-state index in [0.29, 0.717) is 11.3 Å². The van der Waals surface area contributed by atoms with Crippen LogP contribution in [0, 0.1) is 18.6 Å². The minimum Gasteiger partial charge on any atom is -0.327 e. The van der Waals surface area contributed by atoms with Crippen molar-refractivity contribution in [2.45, 2.75) is 13.5 Å². The van der Waals surface area contributed by atoms with Gasteiger partial charge in [0.2, 0.25) is 5.43 Å². The van der Waals surface area contributed by atoms with E-state index in [9.17, 15) is 18.4 Å². The highest BCUT2D eigenvalue weighted by molar-refractivity contribution is 6.31. The summed E-state index contributed by atoms with van der Waals surface area (Å²) in [6, 6.07) is 12.5. The fourth-order valence-electron chi connectivity index (χ4n) is 3.25.